The third-order valence-corrected chi connectivity index (χ3v) is 5.91. The molecule has 2 aliphatic rings. The topological polar surface area (TPSA) is 73.2 Å². The molecule has 2 aromatic heterocycles. The fourth-order valence-corrected chi connectivity index (χ4v) is 4.54. The van der Waals surface area contributed by atoms with Gasteiger partial charge in [-0.15, -0.1) is 11.3 Å². The predicted octanol–water partition coefficient (Wildman–Crippen LogP) is 2.53. The first-order valence-corrected chi connectivity index (χ1v) is 9.55. The van der Waals surface area contributed by atoms with E-state index in [9.17, 15) is 9.59 Å². The zero-order valence-electron chi connectivity index (χ0n) is 14.2. The van der Waals surface area contributed by atoms with Crippen molar-refractivity contribution in [2.45, 2.75) is 51.7 Å². The Morgan fingerprint density at radius 3 is 3.08 bits per heavy atom. The monoisotopic (exact) mass is 359 g/mol. The minimum atomic E-state index is -0.378. The summed E-state index contributed by atoms with van der Waals surface area (Å²) in [4.78, 5) is 31.2. The molecule has 1 aliphatic carbocycles. The van der Waals surface area contributed by atoms with Gasteiger partial charge in [-0.05, 0) is 50.7 Å². The summed E-state index contributed by atoms with van der Waals surface area (Å²) in [5, 5.41) is 3.40. The van der Waals surface area contributed by atoms with E-state index in [1.165, 1.54) is 16.2 Å². The van der Waals surface area contributed by atoms with E-state index < -0.39 is 0 Å². The van der Waals surface area contributed by atoms with Crippen LogP contribution in [-0.4, -0.2) is 28.2 Å². The third-order valence-electron chi connectivity index (χ3n) is 4.84. The fraction of sp³-hybridized carbons (Fsp3) is 0.500. The Hall–Kier alpha value is -1.99. The molecule has 25 heavy (non-hydrogen) atoms. The Morgan fingerprint density at radius 2 is 2.32 bits per heavy atom. The summed E-state index contributed by atoms with van der Waals surface area (Å²) in [6.45, 7) is 3.02. The third kappa shape index (κ3) is 3.26. The summed E-state index contributed by atoms with van der Waals surface area (Å²) in [6, 6.07) is 1.81. The van der Waals surface area contributed by atoms with Crippen LogP contribution in [0.5, 0.6) is 0 Å². The SMILES string of the molecule is Cc1ccn(CC2CCCO2)c(=O)c1C(=O)Nc1nc2c(s1)CCC2. The lowest BCUT2D eigenvalue weighted by Crippen LogP contribution is -2.32. The number of thiazole rings is 1. The van der Waals surface area contributed by atoms with Gasteiger partial charge in [0.05, 0.1) is 18.3 Å². The van der Waals surface area contributed by atoms with E-state index >= 15 is 0 Å². The molecule has 0 radical (unpaired) electrons. The predicted molar refractivity (Wildman–Crippen MR) is 96.5 cm³/mol. The van der Waals surface area contributed by atoms with Gasteiger partial charge in [0.1, 0.15) is 5.56 Å². The van der Waals surface area contributed by atoms with Crippen LogP contribution in [0.2, 0.25) is 0 Å². The second-order valence-corrected chi connectivity index (χ2v) is 7.75. The lowest BCUT2D eigenvalue weighted by atomic mass is 10.1. The molecule has 1 saturated heterocycles. The van der Waals surface area contributed by atoms with Gasteiger partial charge in [0.15, 0.2) is 5.13 Å². The molecule has 2 aromatic rings. The van der Waals surface area contributed by atoms with Gasteiger partial charge < -0.3 is 9.30 Å². The number of aryl methyl sites for hydroxylation is 3. The largest absolute Gasteiger partial charge is 0.376 e. The van der Waals surface area contributed by atoms with Gasteiger partial charge in [-0.25, -0.2) is 4.98 Å². The van der Waals surface area contributed by atoms with E-state index in [0.717, 1.165) is 44.4 Å². The number of hydrogen-bond donors (Lipinski definition) is 1. The van der Waals surface area contributed by atoms with Gasteiger partial charge in [0.25, 0.3) is 11.5 Å². The van der Waals surface area contributed by atoms with E-state index in [0.29, 0.717) is 17.2 Å². The number of nitrogens with zero attached hydrogens (tertiary/aromatic N) is 2. The molecule has 7 heteroatoms. The van der Waals surface area contributed by atoms with Crippen molar-refractivity contribution in [1.29, 1.82) is 0 Å². The van der Waals surface area contributed by atoms with Crippen LogP contribution in [0, 0.1) is 6.92 Å². The summed E-state index contributed by atoms with van der Waals surface area (Å²) in [5.41, 5.74) is 1.68. The Balaban J connectivity index is 1.57. The van der Waals surface area contributed by atoms with Crippen molar-refractivity contribution in [3.63, 3.8) is 0 Å². The van der Waals surface area contributed by atoms with Gasteiger partial charge in [-0.1, -0.05) is 0 Å². The molecule has 1 unspecified atom stereocenters. The van der Waals surface area contributed by atoms with Crippen molar-refractivity contribution < 1.29 is 9.53 Å². The highest BCUT2D eigenvalue weighted by Gasteiger charge is 2.22. The van der Waals surface area contributed by atoms with Gasteiger partial charge in [0.2, 0.25) is 0 Å². The molecular formula is C18H21N3O3S. The Kier molecular flexibility index (Phi) is 4.43. The lowest BCUT2D eigenvalue weighted by Gasteiger charge is -2.14. The van der Waals surface area contributed by atoms with Crippen molar-refractivity contribution in [3.05, 3.63) is 44.3 Å². The molecule has 0 spiro atoms. The van der Waals surface area contributed by atoms with Crippen LogP contribution in [0.25, 0.3) is 0 Å². The maximum absolute atomic E-state index is 12.8. The smallest absolute Gasteiger partial charge is 0.263 e. The molecule has 1 aliphatic heterocycles. The number of hydrogen-bond acceptors (Lipinski definition) is 5. The average molecular weight is 359 g/mol. The maximum Gasteiger partial charge on any atom is 0.263 e. The average Bonchev–Trinajstić information content (AvgIpc) is 3.27. The van der Waals surface area contributed by atoms with Crippen molar-refractivity contribution in [2.24, 2.45) is 0 Å². The highest BCUT2D eigenvalue weighted by molar-refractivity contribution is 7.16. The van der Waals surface area contributed by atoms with Crippen LogP contribution in [0.3, 0.4) is 0 Å². The van der Waals surface area contributed by atoms with Gasteiger partial charge >= 0.3 is 0 Å². The Labute approximate surface area is 149 Å². The number of fused-ring (bicyclic) bond motifs is 1. The van der Waals surface area contributed by atoms with Crippen molar-refractivity contribution in [2.75, 3.05) is 11.9 Å². The molecule has 4 rings (SSSR count). The molecule has 132 valence electrons. The Bertz CT molecular complexity index is 843. The molecule has 0 saturated carbocycles. The van der Waals surface area contributed by atoms with Crippen molar-refractivity contribution in [1.82, 2.24) is 9.55 Å². The first-order valence-electron chi connectivity index (χ1n) is 8.73. The van der Waals surface area contributed by atoms with Crippen LogP contribution >= 0.6 is 11.3 Å². The van der Waals surface area contributed by atoms with Crippen LogP contribution in [0.1, 0.15) is 45.8 Å². The molecule has 1 atom stereocenters. The van der Waals surface area contributed by atoms with E-state index in [1.54, 1.807) is 17.7 Å². The quantitative estimate of drug-likeness (QED) is 0.910. The van der Waals surface area contributed by atoms with E-state index in [1.807, 2.05) is 6.07 Å². The van der Waals surface area contributed by atoms with Crippen molar-refractivity contribution in [3.8, 4) is 0 Å². The zero-order valence-corrected chi connectivity index (χ0v) is 15.0. The number of carbonyl (C=O) groups is 1. The minimum Gasteiger partial charge on any atom is -0.376 e. The van der Waals surface area contributed by atoms with Crippen molar-refractivity contribution >= 4 is 22.4 Å². The summed E-state index contributed by atoms with van der Waals surface area (Å²) in [5.74, 6) is -0.378. The molecule has 6 nitrogen and oxygen atoms in total. The van der Waals surface area contributed by atoms with Crippen LogP contribution in [0.4, 0.5) is 5.13 Å². The normalized spacial score (nSPS) is 19.2. The van der Waals surface area contributed by atoms with Crippen LogP contribution in [0.15, 0.2) is 17.1 Å². The first kappa shape index (κ1) is 16.5. The van der Waals surface area contributed by atoms with E-state index in [4.69, 9.17) is 4.74 Å². The number of ether oxygens (including phenoxy) is 1. The minimum absolute atomic E-state index is 0.0539. The second-order valence-electron chi connectivity index (χ2n) is 6.66. The number of pyridine rings is 1. The number of aromatic nitrogens is 2. The molecule has 1 amide bonds. The van der Waals surface area contributed by atoms with Gasteiger partial charge in [-0.2, -0.15) is 0 Å². The summed E-state index contributed by atoms with van der Waals surface area (Å²) in [6.07, 6.45) is 6.90. The number of rotatable bonds is 4. The number of carbonyl (C=O) groups excluding carboxylic acids is 1. The summed E-state index contributed by atoms with van der Waals surface area (Å²) >= 11 is 1.52. The first-order chi connectivity index (χ1) is 12.1. The molecule has 0 aromatic carbocycles. The standard InChI is InChI=1S/C18H21N3O3S/c1-11-7-8-21(10-12-4-3-9-24-12)17(23)15(11)16(22)20-18-19-13-5-2-6-14(13)25-18/h7-8,12H,2-6,9-10H2,1H3,(H,19,20,22). The summed E-state index contributed by atoms with van der Waals surface area (Å²) < 4.78 is 7.19. The maximum atomic E-state index is 12.8. The van der Waals surface area contributed by atoms with E-state index in [-0.39, 0.29) is 23.1 Å². The zero-order chi connectivity index (χ0) is 17.4. The van der Waals surface area contributed by atoms with E-state index in [2.05, 4.69) is 10.3 Å². The highest BCUT2D eigenvalue weighted by atomic mass is 32.1. The molecule has 1 N–H and O–H groups in total. The highest BCUT2D eigenvalue weighted by Crippen LogP contribution is 2.30. The fourth-order valence-electron chi connectivity index (χ4n) is 3.50. The van der Waals surface area contributed by atoms with Crippen LogP contribution < -0.4 is 10.9 Å². The van der Waals surface area contributed by atoms with Crippen LogP contribution in [-0.2, 0) is 24.1 Å². The number of nitrogens with one attached hydrogen (secondary N) is 1. The van der Waals surface area contributed by atoms with Gasteiger partial charge in [0, 0.05) is 17.7 Å². The molecule has 0 bridgehead atoms. The summed E-state index contributed by atoms with van der Waals surface area (Å²) in [7, 11) is 0. The molecule has 1 fully saturated rings. The molecular weight excluding hydrogens is 338 g/mol. The lowest BCUT2D eigenvalue weighted by molar-refractivity contribution is 0.0952. The van der Waals surface area contributed by atoms with Gasteiger partial charge in [-0.3, -0.25) is 14.9 Å². The number of anilines is 1. The molecule has 3 heterocycles. The number of amides is 1. The second kappa shape index (κ2) is 6.72. The Morgan fingerprint density at radius 1 is 1.44 bits per heavy atom.